The summed E-state index contributed by atoms with van der Waals surface area (Å²) >= 11 is 0. The van der Waals surface area contributed by atoms with E-state index in [-0.39, 0.29) is 0 Å². The smallest absolute Gasteiger partial charge is 0.0957 e. The lowest BCUT2D eigenvalue weighted by molar-refractivity contribution is 0.371. The van der Waals surface area contributed by atoms with Gasteiger partial charge in [-0.15, -0.1) is 0 Å². The monoisotopic (exact) mass is 168 g/mol. The van der Waals surface area contributed by atoms with Crippen molar-refractivity contribution in [2.45, 2.75) is 40.0 Å². The molecule has 0 bridgehead atoms. The predicted octanol–water partition coefficient (Wildman–Crippen LogP) is 2.50. The standard InChI is InChI=1S/C10H20N2/c1-4-5-9(11)12-7-6-10(2,3)8-12/h11H,4-8H2,1-3H3. The summed E-state index contributed by atoms with van der Waals surface area (Å²) in [6.45, 7) is 8.87. The van der Waals surface area contributed by atoms with Crippen LogP contribution in [0.4, 0.5) is 0 Å². The van der Waals surface area contributed by atoms with Gasteiger partial charge in [0.15, 0.2) is 0 Å². The van der Waals surface area contributed by atoms with E-state index in [2.05, 4.69) is 25.7 Å². The van der Waals surface area contributed by atoms with Crippen molar-refractivity contribution >= 4 is 5.84 Å². The zero-order valence-electron chi connectivity index (χ0n) is 8.48. The largest absolute Gasteiger partial charge is 0.360 e. The summed E-state index contributed by atoms with van der Waals surface area (Å²) in [6.07, 6.45) is 3.27. The molecule has 0 spiro atoms. The predicted molar refractivity (Wildman–Crippen MR) is 52.6 cm³/mol. The first-order valence-corrected chi connectivity index (χ1v) is 4.87. The molecule has 0 aliphatic carbocycles. The van der Waals surface area contributed by atoms with Gasteiger partial charge in [-0.2, -0.15) is 0 Å². The molecule has 2 nitrogen and oxygen atoms in total. The zero-order valence-corrected chi connectivity index (χ0v) is 8.48. The van der Waals surface area contributed by atoms with E-state index in [1.807, 2.05) is 0 Å². The van der Waals surface area contributed by atoms with E-state index >= 15 is 0 Å². The Morgan fingerprint density at radius 3 is 2.58 bits per heavy atom. The van der Waals surface area contributed by atoms with Gasteiger partial charge in [0.05, 0.1) is 5.84 Å². The van der Waals surface area contributed by atoms with Crippen LogP contribution in [0.15, 0.2) is 0 Å². The van der Waals surface area contributed by atoms with Crippen LogP contribution in [0.25, 0.3) is 0 Å². The molecule has 0 unspecified atom stereocenters. The Labute approximate surface area is 75.5 Å². The van der Waals surface area contributed by atoms with Crippen molar-refractivity contribution in [1.29, 1.82) is 5.41 Å². The van der Waals surface area contributed by atoms with E-state index in [1.54, 1.807) is 0 Å². The number of hydrogen-bond acceptors (Lipinski definition) is 1. The molecule has 1 heterocycles. The highest BCUT2D eigenvalue weighted by molar-refractivity contribution is 5.79. The van der Waals surface area contributed by atoms with Gasteiger partial charge < -0.3 is 4.90 Å². The highest BCUT2D eigenvalue weighted by Gasteiger charge is 2.29. The second-order valence-electron chi connectivity index (χ2n) is 4.53. The third-order valence-corrected chi connectivity index (χ3v) is 2.55. The highest BCUT2D eigenvalue weighted by atomic mass is 15.2. The van der Waals surface area contributed by atoms with Crippen molar-refractivity contribution in [1.82, 2.24) is 4.90 Å². The van der Waals surface area contributed by atoms with Gasteiger partial charge in [0.2, 0.25) is 0 Å². The molecular formula is C10H20N2. The van der Waals surface area contributed by atoms with Gasteiger partial charge in [0, 0.05) is 19.5 Å². The minimum Gasteiger partial charge on any atom is -0.360 e. The molecule has 1 saturated heterocycles. The molecule has 0 radical (unpaired) electrons. The average Bonchev–Trinajstić information content (AvgIpc) is 2.31. The van der Waals surface area contributed by atoms with Gasteiger partial charge in [0.1, 0.15) is 0 Å². The van der Waals surface area contributed by atoms with Gasteiger partial charge in [-0.3, -0.25) is 5.41 Å². The van der Waals surface area contributed by atoms with E-state index in [0.29, 0.717) is 5.41 Å². The Hall–Kier alpha value is -0.530. The lowest BCUT2D eigenvalue weighted by atomic mass is 9.93. The third kappa shape index (κ3) is 2.23. The summed E-state index contributed by atoms with van der Waals surface area (Å²) in [5, 5.41) is 7.79. The summed E-state index contributed by atoms with van der Waals surface area (Å²) in [4.78, 5) is 2.23. The van der Waals surface area contributed by atoms with E-state index in [4.69, 9.17) is 5.41 Å². The zero-order chi connectivity index (χ0) is 9.19. The summed E-state index contributed by atoms with van der Waals surface area (Å²) in [5.74, 6) is 0.836. The van der Waals surface area contributed by atoms with Crippen LogP contribution in [0, 0.1) is 10.8 Å². The first-order chi connectivity index (χ1) is 5.55. The quantitative estimate of drug-likeness (QED) is 0.498. The van der Waals surface area contributed by atoms with Crippen molar-refractivity contribution in [3.63, 3.8) is 0 Å². The topological polar surface area (TPSA) is 27.1 Å². The molecular weight excluding hydrogens is 148 g/mol. The van der Waals surface area contributed by atoms with Gasteiger partial charge in [0.25, 0.3) is 0 Å². The number of nitrogens with one attached hydrogen (secondary N) is 1. The van der Waals surface area contributed by atoms with Crippen molar-refractivity contribution in [2.75, 3.05) is 13.1 Å². The number of rotatable bonds is 2. The Balaban J connectivity index is 2.41. The molecule has 0 aromatic carbocycles. The lowest BCUT2D eigenvalue weighted by Gasteiger charge is -2.21. The van der Waals surface area contributed by atoms with E-state index in [9.17, 15) is 0 Å². The fourth-order valence-electron chi connectivity index (χ4n) is 1.74. The van der Waals surface area contributed by atoms with Crippen LogP contribution >= 0.6 is 0 Å². The van der Waals surface area contributed by atoms with Gasteiger partial charge >= 0.3 is 0 Å². The average molecular weight is 168 g/mol. The number of hydrogen-bond donors (Lipinski definition) is 1. The summed E-state index contributed by atoms with van der Waals surface area (Å²) < 4.78 is 0. The Bertz CT molecular complexity index is 173. The molecule has 1 aliphatic rings. The number of amidine groups is 1. The SMILES string of the molecule is CCCC(=N)N1CCC(C)(C)C1. The molecule has 0 aromatic heterocycles. The fraction of sp³-hybridized carbons (Fsp3) is 0.900. The van der Waals surface area contributed by atoms with E-state index in [1.165, 1.54) is 6.42 Å². The molecule has 70 valence electrons. The van der Waals surface area contributed by atoms with Crippen LogP contribution in [0.3, 0.4) is 0 Å². The van der Waals surface area contributed by atoms with Crippen LogP contribution in [0.1, 0.15) is 40.0 Å². The van der Waals surface area contributed by atoms with Crippen molar-refractivity contribution in [3.8, 4) is 0 Å². The first-order valence-electron chi connectivity index (χ1n) is 4.87. The molecule has 0 atom stereocenters. The van der Waals surface area contributed by atoms with E-state index in [0.717, 1.165) is 31.8 Å². The van der Waals surface area contributed by atoms with Crippen molar-refractivity contribution in [3.05, 3.63) is 0 Å². The van der Waals surface area contributed by atoms with Crippen LogP contribution < -0.4 is 0 Å². The summed E-state index contributed by atoms with van der Waals surface area (Å²) in [5.41, 5.74) is 0.431. The van der Waals surface area contributed by atoms with Crippen LogP contribution in [-0.4, -0.2) is 23.8 Å². The molecule has 12 heavy (non-hydrogen) atoms. The maximum Gasteiger partial charge on any atom is 0.0957 e. The second-order valence-corrected chi connectivity index (χ2v) is 4.53. The second kappa shape index (κ2) is 3.46. The number of nitrogens with zero attached hydrogens (tertiary/aromatic N) is 1. The molecule has 0 amide bonds. The summed E-state index contributed by atoms with van der Waals surface area (Å²) in [6, 6.07) is 0. The Morgan fingerprint density at radius 1 is 1.50 bits per heavy atom. The molecule has 1 fully saturated rings. The molecule has 1 rings (SSSR count). The maximum absolute atomic E-state index is 7.79. The van der Waals surface area contributed by atoms with Gasteiger partial charge in [-0.05, 0) is 18.3 Å². The molecule has 0 saturated carbocycles. The van der Waals surface area contributed by atoms with E-state index < -0.39 is 0 Å². The minimum absolute atomic E-state index is 0.431. The van der Waals surface area contributed by atoms with Crippen LogP contribution in [-0.2, 0) is 0 Å². The molecule has 1 N–H and O–H groups in total. The Morgan fingerprint density at radius 2 is 2.17 bits per heavy atom. The van der Waals surface area contributed by atoms with Crippen molar-refractivity contribution < 1.29 is 0 Å². The Kier molecular flexibility index (Phi) is 2.76. The maximum atomic E-state index is 7.79. The molecule has 0 aromatic rings. The molecule has 2 heteroatoms. The normalized spacial score (nSPS) is 21.4. The van der Waals surface area contributed by atoms with Gasteiger partial charge in [-0.1, -0.05) is 20.8 Å². The summed E-state index contributed by atoms with van der Waals surface area (Å²) in [7, 11) is 0. The van der Waals surface area contributed by atoms with Crippen LogP contribution in [0.2, 0.25) is 0 Å². The number of likely N-dealkylation sites (tertiary alicyclic amines) is 1. The highest BCUT2D eigenvalue weighted by Crippen LogP contribution is 2.29. The minimum atomic E-state index is 0.431. The van der Waals surface area contributed by atoms with Crippen molar-refractivity contribution in [2.24, 2.45) is 5.41 Å². The van der Waals surface area contributed by atoms with Crippen LogP contribution in [0.5, 0.6) is 0 Å². The lowest BCUT2D eigenvalue weighted by Crippen LogP contribution is -2.29. The van der Waals surface area contributed by atoms with Gasteiger partial charge in [-0.25, -0.2) is 0 Å². The first kappa shape index (κ1) is 9.56. The third-order valence-electron chi connectivity index (χ3n) is 2.55. The molecule has 1 aliphatic heterocycles. The fourth-order valence-corrected chi connectivity index (χ4v) is 1.74.